The van der Waals surface area contributed by atoms with Gasteiger partial charge in [-0.2, -0.15) is 0 Å². The molecule has 0 saturated heterocycles. The molecule has 1 aliphatic carbocycles. The standard InChI is InChI=1S/C16H18O4/c1-3-12-15(19-9-10-4-5-10)13-7-6-11(18-2)8-14(13)20-16(12)17/h6-8,10H,3-5,9H2,1-2H3. The maximum atomic E-state index is 12.1. The smallest absolute Gasteiger partial charge is 0.343 e. The van der Waals surface area contributed by atoms with E-state index in [-0.39, 0.29) is 5.63 Å². The Kier molecular flexibility index (Phi) is 3.38. The summed E-state index contributed by atoms with van der Waals surface area (Å²) in [4.78, 5) is 12.1. The Morgan fingerprint density at radius 2 is 2.15 bits per heavy atom. The van der Waals surface area contributed by atoms with Gasteiger partial charge < -0.3 is 13.9 Å². The fraction of sp³-hybridized carbons (Fsp3) is 0.438. The van der Waals surface area contributed by atoms with Gasteiger partial charge in [0, 0.05) is 6.07 Å². The van der Waals surface area contributed by atoms with Gasteiger partial charge in [-0.15, -0.1) is 0 Å². The van der Waals surface area contributed by atoms with Crippen molar-refractivity contribution in [1.29, 1.82) is 0 Å². The van der Waals surface area contributed by atoms with Crippen molar-refractivity contribution >= 4 is 11.0 Å². The van der Waals surface area contributed by atoms with E-state index in [9.17, 15) is 4.79 Å². The molecule has 0 aliphatic heterocycles. The van der Waals surface area contributed by atoms with Gasteiger partial charge in [0.25, 0.3) is 0 Å². The van der Waals surface area contributed by atoms with Crippen LogP contribution in [0.2, 0.25) is 0 Å². The molecule has 0 bridgehead atoms. The monoisotopic (exact) mass is 274 g/mol. The Hall–Kier alpha value is -1.97. The van der Waals surface area contributed by atoms with Gasteiger partial charge >= 0.3 is 5.63 Å². The molecule has 0 N–H and O–H groups in total. The lowest BCUT2D eigenvalue weighted by Crippen LogP contribution is -2.11. The predicted octanol–water partition coefficient (Wildman–Crippen LogP) is 3.15. The van der Waals surface area contributed by atoms with Gasteiger partial charge in [0.05, 0.1) is 24.7 Å². The molecule has 1 aromatic heterocycles. The third-order valence-electron chi connectivity index (χ3n) is 3.67. The van der Waals surface area contributed by atoms with Crippen molar-refractivity contribution in [2.75, 3.05) is 13.7 Å². The van der Waals surface area contributed by atoms with E-state index in [1.54, 1.807) is 13.2 Å². The molecular weight excluding hydrogens is 256 g/mol. The summed E-state index contributed by atoms with van der Waals surface area (Å²) in [5.41, 5.74) is 0.805. The minimum Gasteiger partial charge on any atom is -0.497 e. The van der Waals surface area contributed by atoms with E-state index in [1.807, 2.05) is 19.1 Å². The minimum atomic E-state index is -0.320. The van der Waals surface area contributed by atoms with E-state index >= 15 is 0 Å². The molecule has 1 aromatic carbocycles. The molecule has 0 spiro atoms. The number of ether oxygens (including phenoxy) is 2. The Morgan fingerprint density at radius 1 is 1.35 bits per heavy atom. The van der Waals surface area contributed by atoms with Gasteiger partial charge in [-0.3, -0.25) is 0 Å². The molecule has 0 amide bonds. The van der Waals surface area contributed by atoms with Crippen molar-refractivity contribution in [3.8, 4) is 11.5 Å². The van der Waals surface area contributed by atoms with Gasteiger partial charge in [-0.25, -0.2) is 4.79 Å². The number of methoxy groups -OCH3 is 1. The molecular formula is C16H18O4. The van der Waals surface area contributed by atoms with E-state index in [0.29, 0.717) is 41.6 Å². The molecule has 1 saturated carbocycles. The normalized spacial score (nSPS) is 14.5. The number of benzene rings is 1. The largest absolute Gasteiger partial charge is 0.497 e. The van der Waals surface area contributed by atoms with Gasteiger partial charge in [0.2, 0.25) is 0 Å². The van der Waals surface area contributed by atoms with Gasteiger partial charge in [0.15, 0.2) is 0 Å². The number of hydrogen-bond donors (Lipinski definition) is 0. The van der Waals surface area contributed by atoms with Crippen LogP contribution in [0.15, 0.2) is 27.4 Å². The van der Waals surface area contributed by atoms with Crippen LogP contribution in [0.5, 0.6) is 11.5 Å². The van der Waals surface area contributed by atoms with E-state index in [1.165, 1.54) is 12.8 Å². The van der Waals surface area contributed by atoms with Crippen molar-refractivity contribution < 1.29 is 13.9 Å². The van der Waals surface area contributed by atoms with Gasteiger partial charge in [0.1, 0.15) is 17.1 Å². The maximum absolute atomic E-state index is 12.1. The highest BCUT2D eigenvalue weighted by molar-refractivity contribution is 5.85. The zero-order valence-corrected chi connectivity index (χ0v) is 11.8. The minimum absolute atomic E-state index is 0.320. The van der Waals surface area contributed by atoms with E-state index < -0.39 is 0 Å². The SMILES string of the molecule is CCc1c(OCC2CC2)c2ccc(OC)cc2oc1=O. The molecule has 3 rings (SSSR count). The first-order chi connectivity index (χ1) is 9.72. The number of hydrogen-bond acceptors (Lipinski definition) is 4. The van der Waals surface area contributed by atoms with Crippen LogP contribution < -0.4 is 15.1 Å². The summed E-state index contributed by atoms with van der Waals surface area (Å²) in [6.45, 7) is 2.61. The summed E-state index contributed by atoms with van der Waals surface area (Å²) in [6.07, 6.45) is 3.04. The second kappa shape index (κ2) is 5.19. The average Bonchev–Trinajstić information content (AvgIpc) is 3.27. The van der Waals surface area contributed by atoms with Crippen molar-refractivity contribution in [2.24, 2.45) is 5.92 Å². The summed E-state index contributed by atoms with van der Waals surface area (Å²) >= 11 is 0. The quantitative estimate of drug-likeness (QED) is 0.786. The molecule has 0 unspecified atom stereocenters. The second-order valence-electron chi connectivity index (χ2n) is 5.17. The molecule has 1 aliphatic rings. The van der Waals surface area contributed by atoms with Crippen molar-refractivity contribution in [2.45, 2.75) is 26.2 Å². The highest BCUT2D eigenvalue weighted by atomic mass is 16.5. The van der Waals surface area contributed by atoms with Crippen LogP contribution in [-0.2, 0) is 6.42 Å². The fourth-order valence-corrected chi connectivity index (χ4v) is 2.27. The highest BCUT2D eigenvalue weighted by Crippen LogP contribution is 2.34. The molecule has 4 heteroatoms. The van der Waals surface area contributed by atoms with E-state index in [4.69, 9.17) is 13.9 Å². The summed E-state index contributed by atoms with van der Waals surface area (Å²) < 4.78 is 16.5. The third kappa shape index (κ3) is 2.38. The Balaban J connectivity index is 2.12. The zero-order chi connectivity index (χ0) is 14.1. The fourth-order valence-electron chi connectivity index (χ4n) is 2.27. The molecule has 4 nitrogen and oxygen atoms in total. The first-order valence-electron chi connectivity index (χ1n) is 6.99. The average molecular weight is 274 g/mol. The molecule has 1 heterocycles. The molecule has 1 fully saturated rings. The molecule has 0 radical (unpaired) electrons. The highest BCUT2D eigenvalue weighted by Gasteiger charge is 2.24. The van der Waals surface area contributed by atoms with Crippen LogP contribution in [0.4, 0.5) is 0 Å². The Morgan fingerprint density at radius 3 is 2.80 bits per heavy atom. The molecule has 20 heavy (non-hydrogen) atoms. The molecule has 2 aromatic rings. The van der Waals surface area contributed by atoms with Crippen molar-refractivity contribution in [3.63, 3.8) is 0 Å². The second-order valence-corrected chi connectivity index (χ2v) is 5.17. The first kappa shape index (κ1) is 13.0. The van der Waals surface area contributed by atoms with E-state index in [0.717, 1.165) is 5.39 Å². The van der Waals surface area contributed by atoms with E-state index in [2.05, 4.69) is 0 Å². The van der Waals surface area contributed by atoms with Crippen molar-refractivity contribution in [3.05, 3.63) is 34.2 Å². The Bertz CT molecular complexity index is 683. The van der Waals surface area contributed by atoms with Crippen LogP contribution in [0.3, 0.4) is 0 Å². The Labute approximate surface area is 117 Å². The first-order valence-corrected chi connectivity index (χ1v) is 6.99. The number of fused-ring (bicyclic) bond motifs is 1. The van der Waals surface area contributed by atoms with Crippen molar-refractivity contribution in [1.82, 2.24) is 0 Å². The lowest BCUT2D eigenvalue weighted by atomic mass is 10.1. The van der Waals surface area contributed by atoms with Gasteiger partial charge in [-0.05, 0) is 37.3 Å². The maximum Gasteiger partial charge on any atom is 0.343 e. The third-order valence-corrected chi connectivity index (χ3v) is 3.67. The molecule has 106 valence electrons. The van der Waals surface area contributed by atoms with Crippen LogP contribution in [0.1, 0.15) is 25.3 Å². The summed E-state index contributed by atoms with van der Waals surface area (Å²) in [7, 11) is 1.59. The summed E-state index contributed by atoms with van der Waals surface area (Å²) in [6, 6.07) is 5.46. The number of rotatable bonds is 5. The van der Waals surface area contributed by atoms with Gasteiger partial charge in [-0.1, -0.05) is 6.92 Å². The zero-order valence-electron chi connectivity index (χ0n) is 11.8. The van der Waals surface area contributed by atoms with Crippen LogP contribution in [0, 0.1) is 5.92 Å². The molecule has 0 atom stereocenters. The lowest BCUT2D eigenvalue weighted by molar-refractivity contribution is 0.297. The summed E-state index contributed by atoms with van der Waals surface area (Å²) in [5.74, 6) is 1.98. The van der Waals surface area contributed by atoms with Crippen LogP contribution in [0.25, 0.3) is 11.0 Å². The lowest BCUT2D eigenvalue weighted by Gasteiger charge is -2.12. The van der Waals surface area contributed by atoms with Crippen LogP contribution >= 0.6 is 0 Å². The topological polar surface area (TPSA) is 48.7 Å². The summed E-state index contributed by atoms with van der Waals surface area (Å²) in [5, 5.41) is 0.836. The van der Waals surface area contributed by atoms with Crippen LogP contribution in [-0.4, -0.2) is 13.7 Å². The predicted molar refractivity (Wildman–Crippen MR) is 76.6 cm³/mol.